The highest BCUT2D eigenvalue weighted by Crippen LogP contribution is 2.65. The van der Waals surface area contributed by atoms with E-state index in [1.165, 1.54) is 0 Å². The van der Waals surface area contributed by atoms with Crippen molar-refractivity contribution in [3.05, 3.63) is 82.0 Å². The van der Waals surface area contributed by atoms with E-state index in [1.54, 1.807) is 12.3 Å². The zero-order chi connectivity index (χ0) is 23.1. The molecule has 0 unspecified atom stereocenters. The smallest absolute Gasteiger partial charge is 0.254 e. The number of amides is 2. The van der Waals surface area contributed by atoms with E-state index in [4.69, 9.17) is 23.2 Å². The van der Waals surface area contributed by atoms with Crippen molar-refractivity contribution in [2.45, 2.75) is 13.0 Å². The first-order chi connectivity index (χ1) is 16.5. The van der Waals surface area contributed by atoms with Gasteiger partial charge in [-0.2, -0.15) is 10.1 Å². The van der Waals surface area contributed by atoms with E-state index >= 15 is 0 Å². The summed E-state index contributed by atoms with van der Waals surface area (Å²) in [6, 6.07) is 13.5. The quantitative estimate of drug-likeness (QED) is 0.280. The summed E-state index contributed by atoms with van der Waals surface area (Å²) in [7, 11) is 0. The number of carbonyl (C=O) groups excluding carboxylic acids is 2. The number of aromatic nitrogens is 1. The number of carbonyl (C=O) groups is 2. The zero-order valence-corrected chi connectivity index (χ0v) is 19.7. The lowest BCUT2D eigenvalue weighted by atomic mass is 9.63. The monoisotopic (exact) mass is 489 g/mol. The number of allylic oxidation sites excluding steroid dienone is 2. The number of hydrazone groups is 1. The molecule has 5 aliphatic rings. The average molecular weight is 490 g/mol. The summed E-state index contributed by atoms with van der Waals surface area (Å²) < 4.78 is 2.09. The highest BCUT2D eigenvalue weighted by Gasteiger charge is 2.67. The molecule has 5 nitrogen and oxygen atoms in total. The molecule has 1 aromatic heterocycles. The normalized spacial score (nSPS) is 31.1. The van der Waals surface area contributed by atoms with E-state index in [0.29, 0.717) is 28.4 Å². The van der Waals surface area contributed by atoms with Gasteiger partial charge in [0.05, 0.1) is 18.1 Å². The number of hydrogen-bond donors (Lipinski definition) is 0. The highest BCUT2D eigenvalue weighted by molar-refractivity contribution is 6.35. The van der Waals surface area contributed by atoms with Crippen LogP contribution in [0.25, 0.3) is 10.9 Å². The Morgan fingerprint density at radius 2 is 1.68 bits per heavy atom. The molecular formula is C27H21Cl2N3O2. The Kier molecular flexibility index (Phi) is 4.40. The summed E-state index contributed by atoms with van der Waals surface area (Å²) in [5.74, 6) is 0.781. The maximum atomic E-state index is 13.2. The fourth-order valence-corrected chi connectivity index (χ4v) is 6.99. The Labute approximate surface area is 206 Å². The van der Waals surface area contributed by atoms with Crippen molar-refractivity contribution in [1.29, 1.82) is 0 Å². The van der Waals surface area contributed by atoms with Gasteiger partial charge in [0, 0.05) is 39.3 Å². The van der Waals surface area contributed by atoms with Crippen molar-refractivity contribution >= 4 is 52.1 Å². The van der Waals surface area contributed by atoms with Crippen LogP contribution in [0.5, 0.6) is 0 Å². The lowest BCUT2D eigenvalue weighted by molar-refractivity contribution is -0.140. The molecule has 3 aromatic rings. The molecule has 0 spiro atoms. The minimum Gasteiger partial charge on any atom is -0.342 e. The number of para-hydroxylation sites is 1. The third-order valence-electron chi connectivity index (χ3n) is 8.13. The first kappa shape index (κ1) is 20.5. The molecule has 1 saturated heterocycles. The maximum Gasteiger partial charge on any atom is 0.254 e. The summed E-state index contributed by atoms with van der Waals surface area (Å²) in [5.41, 5.74) is 2.82. The van der Waals surface area contributed by atoms with Crippen LogP contribution in [0.4, 0.5) is 0 Å². The van der Waals surface area contributed by atoms with Gasteiger partial charge in [-0.3, -0.25) is 9.59 Å². The maximum absolute atomic E-state index is 13.2. The highest BCUT2D eigenvalue weighted by atomic mass is 35.5. The van der Waals surface area contributed by atoms with Crippen LogP contribution in [-0.2, 0) is 16.1 Å². The van der Waals surface area contributed by atoms with Crippen molar-refractivity contribution in [3.63, 3.8) is 0 Å². The fraction of sp³-hybridized carbons (Fsp3) is 0.296. The third kappa shape index (κ3) is 2.90. The third-order valence-corrected chi connectivity index (χ3v) is 8.71. The van der Waals surface area contributed by atoms with Crippen molar-refractivity contribution in [2.24, 2.45) is 40.6 Å². The lowest BCUT2D eigenvalue weighted by Crippen LogP contribution is -2.40. The van der Waals surface area contributed by atoms with Gasteiger partial charge in [-0.25, -0.2) is 0 Å². The molecule has 34 heavy (non-hydrogen) atoms. The van der Waals surface area contributed by atoms with Gasteiger partial charge in [-0.05, 0) is 53.9 Å². The van der Waals surface area contributed by atoms with Crippen molar-refractivity contribution in [3.8, 4) is 0 Å². The molecule has 7 heteroatoms. The molecule has 1 aliphatic heterocycles. The SMILES string of the molecule is O=C1[C@@H]2[C@H]3C=C[C@@H]([C@@H]4C[C@H]34)[C@H]2C(=O)N1/N=C\c1cn(Cc2ccc(Cl)cc2Cl)c2ccccc12. The van der Waals surface area contributed by atoms with Gasteiger partial charge < -0.3 is 4.57 Å². The summed E-state index contributed by atoms with van der Waals surface area (Å²) in [6.07, 6.45) is 9.13. The second-order valence-electron chi connectivity index (χ2n) is 9.85. The number of nitrogens with zero attached hydrogens (tertiary/aromatic N) is 3. The number of halogens is 2. The first-order valence-electron chi connectivity index (χ1n) is 11.6. The fourth-order valence-electron chi connectivity index (χ4n) is 6.52. The molecule has 2 amide bonds. The Bertz CT molecular complexity index is 1400. The van der Waals surface area contributed by atoms with E-state index < -0.39 is 0 Å². The molecule has 3 fully saturated rings. The van der Waals surface area contributed by atoms with Crippen molar-refractivity contribution < 1.29 is 9.59 Å². The second-order valence-corrected chi connectivity index (χ2v) is 10.7. The number of imide groups is 1. The van der Waals surface area contributed by atoms with Crippen LogP contribution in [-0.4, -0.2) is 27.6 Å². The van der Waals surface area contributed by atoms with Gasteiger partial charge in [0.2, 0.25) is 0 Å². The van der Waals surface area contributed by atoms with Crippen LogP contribution >= 0.6 is 23.2 Å². The van der Waals surface area contributed by atoms with E-state index in [0.717, 1.165) is 33.5 Å². The van der Waals surface area contributed by atoms with E-state index in [2.05, 4.69) is 21.8 Å². The molecule has 2 saturated carbocycles. The summed E-state index contributed by atoms with van der Waals surface area (Å²) in [4.78, 5) is 26.5. The number of rotatable bonds is 4. The summed E-state index contributed by atoms with van der Waals surface area (Å²) >= 11 is 12.5. The van der Waals surface area contributed by atoms with Gasteiger partial charge >= 0.3 is 0 Å². The van der Waals surface area contributed by atoms with Crippen LogP contribution < -0.4 is 0 Å². The van der Waals surface area contributed by atoms with Gasteiger partial charge in [0.1, 0.15) is 0 Å². The zero-order valence-electron chi connectivity index (χ0n) is 18.1. The van der Waals surface area contributed by atoms with Crippen LogP contribution in [0.3, 0.4) is 0 Å². The molecule has 0 N–H and O–H groups in total. The number of benzene rings is 2. The predicted octanol–water partition coefficient (Wildman–Crippen LogP) is 5.38. The van der Waals surface area contributed by atoms with Gasteiger partial charge in [-0.15, -0.1) is 0 Å². The van der Waals surface area contributed by atoms with E-state index in [9.17, 15) is 9.59 Å². The van der Waals surface area contributed by atoms with Gasteiger partial charge in [-0.1, -0.05) is 59.6 Å². The Morgan fingerprint density at radius 3 is 2.38 bits per heavy atom. The molecule has 2 bridgehead atoms. The average Bonchev–Trinajstić information content (AvgIpc) is 3.54. The summed E-state index contributed by atoms with van der Waals surface area (Å²) in [5, 5.41) is 7.78. The van der Waals surface area contributed by atoms with Gasteiger partial charge in [0.15, 0.2) is 0 Å². The minimum atomic E-state index is -0.239. The Balaban J connectivity index is 1.21. The van der Waals surface area contributed by atoms with E-state index in [1.807, 2.05) is 42.6 Å². The van der Waals surface area contributed by atoms with Crippen LogP contribution in [0.15, 0.2) is 65.9 Å². The number of fused-ring (bicyclic) bond motifs is 1. The molecule has 170 valence electrons. The van der Waals surface area contributed by atoms with Crippen LogP contribution in [0.1, 0.15) is 17.5 Å². The molecule has 0 radical (unpaired) electrons. The Morgan fingerprint density at radius 1 is 0.971 bits per heavy atom. The van der Waals surface area contributed by atoms with Crippen molar-refractivity contribution in [1.82, 2.24) is 9.58 Å². The van der Waals surface area contributed by atoms with Crippen molar-refractivity contribution in [2.75, 3.05) is 0 Å². The van der Waals surface area contributed by atoms with Crippen LogP contribution in [0, 0.1) is 35.5 Å². The molecule has 8 rings (SSSR count). The molecule has 4 aliphatic carbocycles. The van der Waals surface area contributed by atoms with E-state index in [-0.39, 0.29) is 35.5 Å². The minimum absolute atomic E-state index is 0.146. The topological polar surface area (TPSA) is 54.7 Å². The number of hydrogen-bond acceptors (Lipinski definition) is 3. The summed E-state index contributed by atoms with van der Waals surface area (Å²) in [6.45, 7) is 0.563. The lowest BCUT2D eigenvalue weighted by Gasteiger charge is -2.37. The van der Waals surface area contributed by atoms with Crippen LogP contribution in [0.2, 0.25) is 10.0 Å². The molecule has 2 heterocycles. The Hall–Kier alpha value is -2.89. The first-order valence-corrected chi connectivity index (χ1v) is 12.4. The molecule has 6 atom stereocenters. The largest absolute Gasteiger partial charge is 0.342 e. The molecular weight excluding hydrogens is 469 g/mol. The molecule has 2 aromatic carbocycles. The van der Waals surface area contributed by atoms with Gasteiger partial charge in [0.25, 0.3) is 11.8 Å². The second kappa shape index (κ2) is 7.30. The standard InChI is InChI=1S/C27H21Cl2N3O2/c28-16-6-5-14(22(29)9-16)12-31-13-15(17-3-1-2-4-23(17)31)11-30-32-26(33)24-18-7-8-19(21-10-20(18)21)25(24)27(32)34/h1-9,11,13,18-21,24-25H,10,12H2/b30-11-/t18-,19-,20-,21+,24+,25+/m0/s1. The predicted molar refractivity (Wildman–Crippen MR) is 132 cm³/mol.